The summed E-state index contributed by atoms with van der Waals surface area (Å²) < 4.78 is 1.27. The van der Waals surface area contributed by atoms with Crippen molar-refractivity contribution < 1.29 is 0 Å². The Morgan fingerprint density at radius 2 is 1.76 bits per heavy atom. The van der Waals surface area contributed by atoms with Crippen LogP contribution in [0.5, 0.6) is 0 Å². The van der Waals surface area contributed by atoms with Gasteiger partial charge in [-0.1, -0.05) is 36.4 Å². The van der Waals surface area contributed by atoms with Crippen molar-refractivity contribution in [3.8, 4) is 0 Å². The van der Waals surface area contributed by atoms with Gasteiger partial charge in [0.15, 0.2) is 0 Å². The molecule has 2 aromatic rings. The number of benzene rings is 2. The van der Waals surface area contributed by atoms with Gasteiger partial charge in [-0.2, -0.15) is 0 Å². The Kier molecular flexibility index (Phi) is 4.05. The summed E-state index contributed by atoms with van der Waals surface area (Å²) in [4.78, 5) is 0. The lowest BCUT2D eigenvalue weighted by Crippen LogP contribution is -2.07. The van der Waals surface area contributed by atoms with E-state index in [1.165, 1.54) is 20.4 Å². The fourth-order valence-corrected chi connectivity index (χ4v) is 2.62. The molecule has 2 rings (SSSR count). The SMILES string of the molecule is Cc1ccc(NC(C)c2ccccc2)c(I)c1. The van der Waals surface area contributed by atoms with E-state index in [2.05, 4.69) is 84.2 Å². The highest BCUT2D eigenvalue weighted by molar-refractivity contribution is 14.1. The maximum absolute atomic E-state index is 3.55. The third-order valence-corrected chi connectivity index (χ3v) is 3.69. The molecule has 1 nitrogen and oxygen atoms in total. The Labute approximate surface area is 116 Å². The van der Waals surface area contributed by atoms with Crippen LogP contribution in [0.2, 0.25) is 0 Å². The predicted molar refractivity (Wildman–Crippen MR) is 82.4 cm³/mol. The molecule has 0 heterocycles. The molecule has 0 aliphatic heterocycles. The number of rotatable bonds is 3. The molecule has 0 saturated heterocycles. The number of nitrogens with one attached hydrogen (secondary N) is 1. The first-order valence-electron chi connectivity index (χ1n) is 5.74. The molecule has 17 heavy (non-hydrogen) atoms. The summed E-state index contributed by atoms with van der Waals surface area (Å²) in [6, 6.07) is 17.3. The van der Waals surface area contributed by atoms with Gasteiger partial charge in [0.05, 0.1) is 0 Å². The lowest BCUT2D eigenvalue weighted by molar-refractivity contribution is 0.883. The van der Waals surface area contributed by atoms with Gasteiger partial charge in [-0.05, 0) is 59.7 Å². The normalized spacial score (nSPS) is 12.2. The van der Waals surface area contributed by atoms with Crippen molar-refractivity contribution in [3.63, 3.8) is 0 Å². The molecule has 0 amide bonds. The fraction of sp³-hybridized carbons (Fsp3) is 0.200. The Morgan fingerprint density at radius 1 is 1.06 bits per heavy atom. The van der Waals surface area contributed by atoms with Gasteiger partial charge < -0.3 is 5.32 Å². The summed E-state index contributed by atoms with van der Waals surface area (Å²) in [6.45, 7) is 4.30. The van der Waals surface area contributed by atoms with Crippen LogP contribution in [0.15, 0.2) is 48.5 Å². The average Bonchev–Trinajstić information content (AvgIpc) is 2.34. The summed E-state index contributed by atoms with van der Waals surface area (Å²) in [5.74, 6) is 0. The molecule has 0 saturated carbocycles. The van der Waals surface area contributed by atoms with Crippen LogP contribution in [0.3, 0.4) is 0 Å². The Balaban J connectivity index is 2.16. The quantitative estimate of drug-likeness (QED) is 0.796. The largest absolute Gasteiger partial charge is 0.378 e. The highest BCUT2D eigenvalue weighted by Crippen LogP contribution is 2.24. The van der Waals surface area contributed by atoms with E-state index in [0.29, 0.717) is 6.04 Å². The van der Waals surface area contributed by atoms with Crippen molar-refractivity contribution in [2.24, 2.45) is 0 Å². The molecular weight excluding hydrogens is 321 g/mol. The van der Waals surface area contributed by atoms with Gasteiger partial charge in [0.1, 0.15) is 0 Å². The molecule has 1 N–H and O–H groups in total. The second kappa shape index (κ2) is 5.54. The molecule has 0 aliphatic rings. The minimum Gasteiger partial charge on any atom is -0.378 e. The van der Waals surface area contributed by atoms with Crippen LogP contribution in [0.4, 0.5) is 5.69 Å². The van der Waals surface area contributed by atoms with Gasteiger partial charge in [-0.25, -0.2) is 0 Å². The number of hydrogen-bond donors (Lipinski definition) is 1. The Hall–Kier alpha value is -1.03. The third kappa shape index (κ3) is 3.22. The second-order valence-corrected chi connectivity index (χ2v) is 5.42. The van der Waals surface area contributed by atoms with Crippen molar-refractivity contribution in [1.29, 1.82) is 0 Å². The maximum atomic E-state index is 3.55. The van der Waals surface area contributed by atoms with E-state index < -0.39 is 0 Å². The zero-order valence-corrected chi connectivity index (χ0v) is 12.2. The van der Waals surface area contributed by atoms with E-state index in [1.54, 1.807) is 0 Å². The number of halogens is 1. The zero-order valence-electron chi connectivity index (χ0n) is 10.1. The first-order chi connectivity index (χ1) is 8.16. The molecule has 88 valence electrons. The number of anilines is 1. The fourth-order valence-electron chi connectivity index (χ4n) is 1.80. The van der Waals surface area contributed by atoms with Crippen molar-refractivity contribution in [3.05, 3.63) is 63.2 Å². The van der Waals surface area contributed by atoms with E-state index >= 15 is 0 Å². The van der Waals surface area contributed by atoms with E-state index in [4.69, 9.17) is 0 Å². The van der Waals surface area contributed by atoms with E-state index in [-0.39, 0.29) is 0 Å². The van der Waals surface area contributed by atoms with Crippen molar-refractivity contribution in [2.75, 3.05) is 5.32 Å². The summed E-state index contributed by atoms with van der Waals surface area (Å²) in [5, 5.41) is 3.55. The van der Waals surface area contributed by atoms with E-state index in [9.17, 15) is 0 Å². The van der Waals surface area contributed by atoms with Gasteiger partial charge in [0, 0.05) is 15.3 Å². The van der Waals surface area contributed by atoms with Crippen LogP contribution in [0, 0.1) is 10.5 Å². The van der Waals surface area contributed by atoms with E-state index in [0.717, 1.165) is 0 Å². The first-order valence-corrected chi connectivity index (χ1v) is 6.82. The van der Waals surface area contributed by atoms with Gasteiger partial charge in [0.2, 0.25) is 0 Å². The minimum atomic E-state index is 0.326. The molecule has 2 heteroatoms. The summed E-state index contributed by atoms with van der Waals surface area (Å²) in [7, 11) is 0. The van der Waals surface area contributed by atoms with E-state index in [1.807, 2.05) is 6.07 Å². The highest BCUT2D eigenvalue weighted by atomic mass is 127. The van der Waals surface area contributed by atoms with Crippen LogP contribution in [0.1, 0.15) is 24.1 Å². The lowest BCUT2D eigenvalue weighted by atomic mass is 10.1. The molecule has 0 bridgehead atoms. The number of aryl methyl sites for hydroxylation is 1. The van der Waals surface area contributed by atoms with Crippen LogP contribution in [0.25, 0.3) is 0 Å². The first kappa shape index (κ1) is 12.4. The minimum absolute atomic E-state index is 0.326. The summed E-state index contributed by atoms with van der Waals surface area (Å²) in [6.07, 6.45) is 0. The molecule has 0 radical (unpaired) electrons. The Bertz CT molecular complexity index is 494. The standard InChI is InChI=1S/C15H16IN/c1-11-8-9-15(14(16)10-11)17-12(2)13-6-4-3-5-7-13/h3-10,12,17H,1-2H3. The molecular formula is C15H16IN. The van der Waals surface area contributed by atoms with Crippen LogP contribution in [-0.4, -0.2) is 0 Å². The lowest BCUT2D eigenvalue weighted by Gasteiger charge is -2.17. The molecule has 1 atom stereocenters. The van der Waals surface area contributed by atoms with Gasteiger partial charge in [-0.3, -0.25) is 0 Å². The maximum Gasteiger partial charge on any atom is 0.0486 e. The van der Waals surface area contributed by atoms with Crippen LogP contribution < -0.4 is 5.32 Å². The second-order valence-electron chi connectivity index (χ2n) is 4.26. The van der Waals surface area contributed by atoms with Crippen molar-refractivity contribution in [1.82, 2.24) is 0 Å². The van der Waals surface area contributed by atoms with Crippen LogP contribution >= 0.6 is 22.6 Å². The summed E-state index contributed by atoms with van der Waals surface area (Å²) in [5.41, 5.74) is 3.81. The predicted octanol–water partition coefficient (Wildman–Crippen LogP) is 4.77. The molecule has 0 aliphatic carbocycles. The highest BCUT2D eigenvalue weighted by Gasteiger charge is 2.06. The van der Waals surface area contributed by atoms with Gasteiger partial charge in [-0.15, -0.1) is 0 Å². The smallest absolute Gasteiger partial charge is 0.0486 e. The average molecular weight is 337 g/mol. The monoisotopic (exact) mass is 337 g/mol. The molecule has 0 fully saturated rings. The topological polar surface area (TPSA) is 12.0 Å². The molecule has 0 spiro atoms. The Morgan fingerprint density at radius 3 is 2.41 bits per heavy atom. The zero-order chi connectivity index (χ0) is 12.3. The van der Waals surface area contributed by atoms with Crippen LogP contribution in [-0.2, 0) is 0 Å². The van der Waals surface area contributed by atoms with Crippen molar-refractivity contribution in [2.45, 2.75) is 19.9 Å². The number of hydrogen-bond acceptors (Lipinski definition) is 1. The van der Waals surface area contributed by atoms with Crippen molar-refractivity contribution >= 4 is 28.3 Å². The summed E-state index contributed by atoms with van der Waals surface area (Å²) >= 11 is 2.38. The third-order valence-electron chi connectivity index (χ3n) is 2.80. The molecule has 0 aromatic heterocycles. The van der Waals surface area contributed by atoms with Gasteiger partial charge in [0.25, 0.3) is 0 Å². The molecule has 1 unspecified atom stereocenters. The molecule has 2 aromatic carbocycles. The van der Waals surface area contributed by atoms with Gasteiger partial charge >= 0.3 is 0 Å².